The van der Waals surface area contributed by atoms with E-state index in [1.165, 1.54) is 12.1 Å². The molecule has 0 saturated carbocycles. The molecule has 1 atom stereocenters. The van der Waals surface area contributed by atoms with E-state index >= 15 is 0 Å². The van der Waals surface area contributed by atoms with Crippen molar-refractivity contribution in [3.05, 3.63) is 59.9 Å². The van der Waals surface area contributed by atoms with Crippen molar-refractivity contribution in [2.45, 2.75) is 37.2 Å². The van der Waals surface area contributed by atoms with E-state index < -0.39 is 27.9 Å². The summed E-state index contributed by atoms with van der Waals surface area (Å²) in [6.07, 6.45) is 3.43. The van der Waals surface area contributed by atoms with E-state index in [0.717, 1.165) is 15.4 Å². The van der Waals surface area contributed by atoms with Crippen molar-refractivity contribution >= 4 is 21.8 Å². The molecule has 0 spiro atoms. The average Bonchev–Trinajstić information content (AvgIpc) is 3.03. The van der Waals surface area contributed by atoms with E-state index in [0.29, 0.717) is 0 Å². The molecule has 0 bridgehead atoms. The van der Waals surface area contributed by atoms with Crippen molar-refractivity contribution in [2.75, 3.05) is 0 Å². The first-order chi connectivity index (χ1) is 12.4. The molecule has 1 aromatic carbocycles. The lowest BCUT2D eigenvalue weighted by Gasteiger charge is -2.23. The summed E-state index contributed by atoms with van der Waals surface area (Å²) in [6.45, 7) is 2.06. The number of carbonyl (C=O) groups is 2. The van der Waals surface area contributed by atoms with Gasteiger partial charge in [-0.2, -0.15) is 0 Å². The number of carbonyl (C=O) groups excluding carboxylic acids is 2. The van der Waals surface area contributed by atoms with Crippen LogP contribution in [0.3, 0.4) is 0 Å². The van der Waals surface area contributed by atoms with E-state index in [1.54, 1.807) is 36.7 Å². The number of pyridine rings is 1. The second-order valence-corrected chi connectivity index (χ2v) is 7.96. The van der Waals surface area contributed by atoms with E-state index in [-0.39, 0.29) is 24.3 Å². The number of hydrogen-bond donors (Lipinski definition) is 1. The Morgan fingerprint density at radius 3 is 2.65 bits per heavy atom. The molecule has 1 fully saturated rings. The fourth-order valence-corrected chi connectivity index (χ4v) is 4.44. The summed E-state index contributed by atoms with van der Waals surface area (Å²) >= 11 is 0. The minimum Gasteiger partial charge on any atom is -0.350 e. The van der Waals surface area contributed by atoms with Gasteiger partial charge in [0.1, 0.15) is 6.04 Å². The van der Waals surface area contributed by atoms with Crippen LogP contribution in [0.5, 0.6) is 0 Å². The van der Waals surface area contributed by atoms with E-state index in [1.807, 2.05) is 6.92 Å². The predicted octanol–water partition coefficient (Wildman–Crippen LogP) is 1.39. The number of hydrogen-bond acceptors (Lipinski definition) is 5. The normalized spacial score (nSPS) is 17.3. The SMILES string of the molecule is Cc1ccc(S(=O)(=O)N2C(=O)CC[C@H]2C(=O)NCc2cccnc2)cc1. The summed E-state index contributed by atoms with van der Waals surface area (Å²) in [5.41, 5.74) is 1.69. The third-order valence-corrected chi connectivity index (χ3v) is 6.07. The Morgan fingerprint density at radius 2 is 2.00 bits per heavy atom. The molecule has 1 aliphatic rings. The van der Waals surface area contributed by atoms with Crippen LogP contribution in [0.4, 0.5) is 0 Å². The highest BCUT2D eigenvalue weighted by Gasteiger charge is 2.44. The second kappa shape index (κ2) is 7.25. The number of nitrogens with one attached hydrogen (secondary N) is 1. The molecule has 1 N–H and O–H groups in total. The molecule has 0 aliphatic carbocycles. The lowest BCUT2D eigenvalue weighted by Crippen LogP contribution is -2.47. The molecule has 3 rings (SSSR count). The third kappa shape index (κ3) is 3.60. The number of rotatable bonds is 5. The summed E-state index contributed by atoms with van der Waals surface area (Å²) < 4.78 is 26.4. The first-order valence-electron chi connectivity index (χ1n) is 8.20. The van der Waals surface area contributed by atoms with Gasteiger partial charge in [0.05, 0.1) is 4.90 Å². The maximum absolute atomic E-state index is 12.9. The summed E-state index contributed by atoms with van der Waals surface area (Å²) in [6, 6.07) is 8.71. The third-order valence-electron chi connectivity index (χ3n) is 4.23. The molecule has 26 heavy (non-hydrogen) atoms. The standard InChI is InChI=1S/C18H19N3O4S/c1-13-4-6-15(7-5-13)26(24,25)21-16(8-9-17(21)22)18(23)20-12-14-3-2-10-19-11-14/h2-7,10-11,16H,8-9,12H2,1H3,(H,20,23)/t16-/m0/s1. The van der Waals surface area contributed by atoms with Crippen LogP contribution in [0.1, 0.15) is 24.0 Å². The van der Waals surface area contributed by atoms with Gasteiger partial charge in [-0.05, 0) is 37.1 Å². The average molecular weight is 373 g/mol. The van der Waals surface area contributed by atoms with E-state index in [2.05, 4.69) is 10.3 Å². The predicted molar refractivity (Wildman–Crippen MR) is 94.3 cm³/mol. The molecule has 2 aromatic rings. The summed E-state index contributed by atoms with van der Waals surface area (Å²) in [5.74, 6) is -1.05. The van der Waals surface area contributed by atoms with E-state index in [4.69, 9.17) is 0 Å². The Hall–Kier alpha value is -2.74. The number of aromatic nitrogens is 1. The van der Waals surface area contributed by atoms with Crippen molar-refractivity contribution in [3.8, 4) is 0 Å². The fourth-order valence-electron chi connectivity index (χ4n) is 2.83. The quantitative estimate of drug-likeness (QED) is 0.854. The van der Waals surface area contributed by atoms with Crippen LogP contribution in [0.2, 0.25) is 0 Å². The summed E-state index contributed by atoms with van der Waals surface area (Å²) in [7, 11) is -4.07. The van der Waals surface area contributed by atoms with Crippen molar-refractivity contribution in [2.24, 2.45) is 0 Å². The number of sulfonamides is 1. The van der Waals surface area contributed by atoms with Crippen LogP contribution in [-0.2, 0) is 26.2 Å². The first-order valence-corrected chi connectivity index (χ1v) is 9.64. The van der Waals surface area contributed by atoms with Crippen molar-refractivity contribution in [3.63, 3.8) is 0 Å². The zero-order valence-electron chi connectivity index (χ0n) is 14.3. The molecule has 1 aliphatic heterocycles. The molecule has 1 aromatic heterocycles. The lowest BCUT2D eigenvalue weighted by molar-refractivity contribution is -0.130. The van der Waals surface area contributed by atoms with Gasteiger partial charge in [0.15, 0.2) is 0 Å². The van der Waals surface area contributed by atoms with Crippen LogP contribution in [0.25, 0.3) is 0 Å². The highest BCUT2D eigenvalue weighted by molar-refractivity contribution is 7.89. The number of aryl methyl sites for hydroxylation is 1. The Labute approximate surface area is 152 Å². The zero-order valence-corrected chi connectivity index (χ0v) is 15.1. The monoisotopic (exact) mass is 373 g/mol. The molecular weight excluding hydrogens is 354 g/mol. The minimum absolute atomic E-state index is 0.00316. The topological polar surface area (TPSA) is 96.4 Å². The molecule has 0 unspecified atom stereocenters. The molecule has 136 valence electrons. The largest absolute Gasteiger partial charge is 0.350 e. The molecule has 8 heteroatoms. The van der Waals surface area contributed by atoms with Gasteiger partial charge in [-0.3, -0.25) is 14.6 Å². The molecule has 1 saturated heterocycles. The van der Waals surface area contributed by atoms with Gasteiger partial charge in [-0.25, -0.2) is 12.7 Å². The van der Waals surface area contributed by atoms with Crippen molar-refractivity contribution < 1.29 is 18.0 Å². The smallest absolute Gasteiger partial charge is 0.267 e. The first kappa shape index (κ1) is 18.1. The van der Waals surface area contributed by atoms with Gasteiger partial charge in [-0.1, -0.05) is 23.8 Å². The summed E-state index contributed by atoms with van der Waals surface area (Å²) in [4.78, 5) is 28.7. The van der Waals surface area contributed by atoms with Gasteiger partial charge in [0.2, 0.25) is 11.8 Å². The Kier molecular flexibility index (Phi) is 5.03. The van der Waals surface area contributed by atoms with Gasteiger partial charge in [0.25, 0.3) is 10.0 Å². The Bertz CT molecular complexity index is 911. The molecule has 2 heterocycles. The molecule has 7 nitrogen and oxygen atoms in total. The van der Waals surface area contributed by atoms with Gasteiger partial charge >= 0.3 is 0 Å². The number of benzene rings is 1. The van der Waals surface area contributed by atoms with Crippen molar-refractivity contribution in [1.29, 1.82) is 0 Å². The van der Waals surface area contributed by atoms with Gasteiger partial charge in [-0.15, -0.1) is 0 Å². The highest BCUT2D eigenvalue weighted by atomic mass is 32.2. The van der Waals surface area contributed by atoms with Crippen LogP contribution >= 0.6 is 0 Å². The Balaban J connectivity index is 1.79. The lowest BCUT2D eigenvalue weighted by atomic mass is 10.2. The van der Waals surface area contributed by atoms with Gasteiger partial charge < -0.3 is 5.32 Å². The molecule has 0 radical (unpaired) electrons. The highest BCUT2D eigenvalue weighted by Crippen LogP contribution is 2.27. The zero-order chi connectivity index (χ0) is 18.7. The van der Waals surface area contributed by atoms with E-state index in [9.17, 15) is 18.0 Å². The Morgan fingerprint density at radius 1 is 1.27 bits per heavy atom. The van der Waals surface area contributed by atoms with Crippen LogP contribution in [-0.4, -0.2) is 35.6 Å². The maximum atomic E-state index is 12.9. The molecular formula is C18H19N3O4S. The fraction of sp³-hybridized carbons (Fsp3) is 0.278. The molecule has 2 amide bonds. The van der Waals surface area contributed by atoms with Crippen molar-refractivity contribution in [1.82, 2.24) is 14.6 Å². The maximum Gasteiger partial charge on any atom is 0.267 e. The van der Waals surface area contributed by atoms with Crippen LogP contribution in [0.15, 0.2) is 53.7 Å². The van der Waals surface area contributed by atoms with Crippen LogP contribution < -0.4 is 5.32 Å². The number of amides is 2. The number of nitrogens with zero attached hydrogens (tertiary/aromatic N) is 2. The van der Waals surface area contributed by atoms with Crippen LogP contribution in [0, 0.1) is 6.92 Å². The summed E-state index contributed by atoms with van der Waals surface area (Å²) in [5, 5.41) is 2.69. The second-order valence-electron chi connectivity index (χ2n) is 6.14. The van der Waals surface area contributed by atoms with Gasteiger partial charge in [0, 0.05) is 25.4 Å². The minimum atomic E-state index is -4.07.